The lowest BCUT2D eigenvalue weighted by Gasteiger charge is -2.41. The normalized spacial score (nSPS) is 24.2. The minimum absolute atomic E-state index is 0.109. The Labute approximate surface area is 200 Å². The lowest BCUT2D eigenvalue weighted by molar-refractivity contribution is 0.133. The second kappa shape index (κ2) is 11.0. The van der Waals surface area contributed by atoms with Gasteiger partial charge in [0.15, 0.2) is 11.6 Å². The predicted molar refractivity (Wildman–Crippen MR) is 130 cm³/mol. The number of halogens is 3. The minimum Gasteiger partial charge on any atom is -0.486 e. The smallest absolute Gasteiger partial charge is 0.166 e. The monoisotopic (exact) mass is 464 g/mol. The predicted octanol–water partition coefficient (Wildman–Crippen LogP) is 7.94. The van der Waals surface area contributed by atoms with Gasteiger partial charge < -0.3 is 4.74 Å². The lowest BCUT2D eigenvalue weighted by Crippen LogP contribution is -2.30. The fraction of sp³-hybridized carbons (Fsp3) is 0.400. The highest BCUT2D eigenvalue weighted by molar-refractivity contribution is 5.47. The summed E-state index contributed by atoms with van der Waals surface area (Å²) in [6.45, 7) is 6.06. The van der Waals surface area contributed by atoms with E-state index in [1.165, 1.54) is 37.1 Å². The quantitative estimate of drug-likeness (QED) is 0.322. The van der Waals surface area contributed by atoms with Crippen molar-refractivity contribution in [3.63, 3.8) is 0 Å². The summed E-state index contributed by atoms with van der Waals surface area (Å²) in [5, 5.41) is 0. The van der Waals surface area contributed by atoms with Crippen molar-refractivity contribution < 1.29 is 17.9 Å². The fourth-order valence-corrected chi connectivity index (χ4v) is 5.45. The summed E-state index contributed by atoms with van der Waals surface area (Å²) in [5.41, 5.74) is 0.767. The largest absolute Gasteiger partial charge is 0.486 e. The zero-order chi connectivity index (χ0) is 24.1. The van der Waals surface area contributed by atoms with Crippen LogP contribution in [0.2, 0.25) is 0 Å². The zero-order valence-electron chi connectivity index (χ0n) is 19.6. The van der Waals surface area contributed by atoms with Crippen LogP contribution in [-0.4, -0.2) is 6.61 Å². The van der Waals surface area contributed by atoms with Gasteiger partial charge in [-0.25, -0.2) is 13.2 Å². The minimum atomic E-state index is -0.660. The van der Waals surface area contributed by atoms with Crippen LogP contribution < -0.4 is 4.74 Å². The Kier molecular flexibility index (Phi) is 7.83. The summed E-state index contributed by atoms with van der Waals surface area (Å²) < 4.78 is 49.2. The van der Waals surface area contributed by atoms with Gasteiger partial charge in [-0.1, -0.05) is 30.1 Å². The fourth-order valence-electron chi connectivity index (χ4n) is 5.45. The third-order valence-corrected chi connectivity index (χ3v) is 7.36. The van der Waals surface area contributed by atoms with E-state index in [4.69, 9.17) is 4.74 Å². The van der Waals surface area contributed by atoms with E-state index < -0.39 is 17.5 Å². The molecule has 0 N–H and O–H groups in total. The molecule has 0 radical (unpaired) electrons. The summed E-state index contributed by atoms with van der Waals surface area (Å²) in [6.07, 6.45) is 12.2. The summed E-state index contributed by atoms with van der Waals surface area (Å²) in [7, 11) is 0. The molecule has 0 spiro atoms. The number of benzene rings is 2. The second-order valence-electron chi connectivity index (χ2n) is 9.47. The van der Waals surface area contributed by atoms with Gasteiger partial charge in [0.2, 0.25) is 0 Å². The summed E-state index contributed by atoms with van der Waals surface area (Å²) in [4.78, 5) is 0. The first-order valence-electron chi connectivity index (χ1n) is 12.2. The van der Waals surface area contributed by atoms with Crippen LogP contribution in [0.15, 0.2) is 55.1 Å². The standard InChI is InChI=1S/C30H31F3O/c1-3-5-14-34-30-13-8-21(16-29(30)33)7-12-26-27(31)18-25(19-28(26)32)24-11-10-22-15-20(4-2)6-9-23(22)17-24/h3-5,8,13,16,18-20,22-24H,2,6,9-11,14-15,17H2,1H3/b5-3+. The maximum Gasteiger partial charge on any atom is 0.166 e. The average Bonchev–Trinajstić information content (AvgIpc) is 2.84. The number of hydrogen-bond acceptors (Lipinski definition) is 1. The third-order valence-electron chi connectivity index (χ3n) is 7.36. The first kappa shape index (κ1) is 24.2. The van der Waals surface area contributed by atoms with E-state index in [0.717, 1.165) is 31.2 Å². The Morgan fingerprint density at radius 2 is 1.68 bits per heavy atom. The molecular formula is C30H31F3O. The molecule has 0 aromatic heterocycles. The molecule has 0 aliphatic heterocycles. The molecule has 2 aromatic rings. The van der Waals surface area contributed by atoms with Crippen molar-refractivity contribution in [3.8, 4) is 17.6 Å². The van der Waals surface area contributed by atoms with E-state index in [2.05, 4.69) is 24.5 Å². The topological polar surface area (TPSA) is 9.23 Å². The number of rotatable bonds is 5. The number of allylic oxidation sites excluding steroid dienone is 2. The van der Waals surface area contributed by atoms with E-state index in [1.54, 1.807) is 12.1 Å². The van der Waals surface area contributed by atoms with Crippen LogP contribution >= 0.6 is 0 Å². The number of fused-ring (bicyclic) bond motifs is 1. The molecule has 2 aromatic carbocycles. The van der Waals surface area contributed by atoms with Crippen LogP contribution in [0.1, 0.15) is 68.1 Å². The van der Waals surface area contributed by atoms with Gasteiger partial charge in [-0.15, -0.1) is 6.58 Å². The lowest BCUT2D eigenvalue weighted by atomic mass is 9.64. The van der Waals surface area contributed by atoms with Crippen LogP contribution in [0, 0.1) is 47.0 Å². The Bertz CT molecular complexity index is 1100. The van der Waals surface area contributed by atoms with Crippen LogP contribution in [0.4, 0.5) is 13.2 Å². The molecule has 0 saturated heterocycles. The number of hydrogen-bond donors (Lipinski definition) is 0. The third kappa shape index (κ3) is 5.58. The Hall–Kier alpha value is -2.93. The Morgan fingerprint density at radius 1 is 0.941 bits per heavy atom. The van der Waals surface area contributed by atoms with Crippen molar-refractivity contribution in [3.05, 3.63) is 89.3 Å². The van der Waals surface area contributed by atoms with Crippen LogP contribution in [0.5, 0.6) is 5.75 Å². The van der Waals surface area contributed by atoms with Gasteiger partial charge in [-0.05, 0) is 105 Å². The molecule has 2 fully saturated rings. The molecule has 0 heterocycles. The molecule has 2 aliphatic rings. The van der Waals surface area contributed by atoms with Crippen molar-refractivity contribution in [2.75, 3.05) is 6.61 Å². The average molecular weight is 465 g/mol. The van der Waals surface area contributed by atoms with E-state index in [1.807, 2.05) is 13.0 Å². The molecule has 4 rings (SSSR count). The van der Waals surface area contributed by atoms with Crippen molar-refractivity contribution in [1.29, 1.82) is 0 Å². The molecule has 2 saturated carbocycles. The molecule has 1 nitrogen and oxygen atoms in total. The van der Waals surface area contributed by atoms with E-state index in [9.17, 15) is 13.2 Å². The number of ether oxygens (including phenoxy) is 1. The molecule has 2 aliphatic carbocycles. The maximum absolute atomic E-state index is 14.9. The Morgan fingerprint density at radius 3 is 2.38 bits per heavy atom. The van der Waals surface area contributed by atoms with Crippen LogP contribution in [-0.2, 0) is 0 Å². The van der Waals surface area contributed by atoms with Gasteiger partial charge >= 0.3 is 0 Å². The highest BCUT2D eigenvalue weighted by Gasteiger charge is 2.35. The van der Waals surface area contributed by atoms with E-state index >= 15 is 0 Å². The molecule has 4 heteroatoms. The van der Waals surface area contributed by atoms with Crippen molar-refractivity contribution in [2.45, 2.75) is 51.4 Å². The van der Waals surface area contributed by atoms with Crippen molar-refractivity contribution in [2.24, 2.45) is 17.8 Å². The highest BCUT2D eigenvalue weighted by Crippen LogP contribution is 2.48. The van der Waals surface area contributed by atoms with Gasteiger partial charge in [-0.3, -0.25) is 0 Å². The summed E-state index contributed by atoms with van der Waals surface area (Å²) >= 11 is 0. The first-order valence-corrected chi connectivity index (χ1v) is 12.2. The van der Waals surface area contributed by atoms with Gasteiger partial charge in [-0.2, -0.15) is 0 Å². The SMILES string of the molecule is C=CC1CCC2CC(c3cc(F)c(C#Cc4ccc(OC/C=C/C)c(F)c4)c(F)c3)CCC2C1. The van der Waals surface area contributed by atoms with Gasteiger partial charge in [0.05, 0.1) is 5.56 Å². The molecule has 4 atom stereocenters. The van der Waals surface area contributed by atoms with Gasteiger partial charge in [0.1, 0.15) is 18.2 Å². The van der Waals surface area contributed by atoms with E-state index in [0.29, 0.717) is 23.3 Å². The summed E-state index contributed by atoms with van der Waals surface area (Å²) in [6, 6.07) is 7.13. The molecule has 178 valence electrons. The first-order chi connectivity index (χ1) is 16.5. The second-order valence-corrected chi connectivity index (χ2v) is 9.47. The molecular weight excluding hydrogens is 433 g/mol. The van der Waals surface area contributed by atoms with Crippen molar-refractivity contribution >= 4 is 0 Å². The van der Waals surface area contributed by atoms with Crippen LogP contribution in [0.25, 0.3) is 0 Å². The zero-order valence-corrected chi connectivity index (χ0v) is 19.6. The van der Waals surface area contributed by atoms with E-state index in [-0.39, 0.29) is 23.8 Å². The molecule has 34 heavy (non-hydrogen) atoms. The highest BCUT2D eigenvalue weighted by atomic mass is 19.1. The maximum atomic E-state index is 14.9. The summed E-state index contributed by atoms with van der Waals surface area (Å²) in [5.74, 6) is 5.57. The van der Waals surface area contributed by atoms with Gasteiger partial charge in [0.25, 0.3) is 0 Å². The van der Waals surface area contributed by atoms with Crippen molar-refractivity contribution in [1.82, 2.24) is 0 Å². The molecule has 0 bridgehead atoms. The molecule has 4 unspecified atom stereocenters. The molecule has 0 amide bonds. The van der Waals surface area contributed by atoms with Gasteiger partial charge in [0, 0.05) is 5.56 Å². The Balaban J connectivity index is 1.46. The van der Waals surface area contributed by atoms with Crippen LogP contribution in [0.3, 0.4) is 0 Å².